The minimum atomic E-state index is -3.73. The van der Waals surface area contributed by atoms with Crippen molar-refractivity contribution in [1.29, 1.82) is 0 Å². The molecular formula is C23H29N3O5S. The van der Waals surface area contributed by atoms with E-state index < -0.39 is 15.9 Å². The predicted octanol–water partition coefficient (Wildman–Crippen LogP) is 2.21. The molecule has 0 saturated carbocycles. The number of hydrogen-bond donors (Lipinski definition) is 1. The van der Waals surface area contributed by atoms with Gasteiger partial charge in [0.15, 0.2) is 0 Å². The number of carbonyl (C=O) groups excluding carboxylic acids is 2. The molecule has 0 unspecified atom stereocenters. The summed E-state index contributed by atoms with van der Waals surface area (Å²) in [5.74, 6) is 0.0696. The van der Waals surface area contributed by atoms with Crippen molar-refractivity contribution in [3.63, 3.8) is 0 Å². The summed E-state index contributed by atoms with van der Waals surface area (Å²) in [7, 11) is -2.27. The molecule has 0 bridgehead atoms. The lowest BCUT2D eigenvalue weighted by atomic mass is 10.1. The van der Waals surface area contributed by atoms with Crippen LogP contribution in [0.4, 0.5) is 5.69 Å². The number of likely N-dealkylation sites (tertiary alicyclic amines) is 1. The highest BCUT2D eigenvalue weighted by atomic mass is 32.2. The van der Waals surface area contributed by atoms with Crippen LogP contribution in [-0.2, 0) is 32.7 Å². The van der Waals surface area contributed by atoms with Crippen molar-refractivity contribution in [2.75, 3.05) is 30.8 Å². The van der Waals surface area contributed by atoms with Crippen LogP contribution in [0.25, 0.3) is 0 Å². The second-order valence-corrected chi connectivity index (χ2v) is 9.82. The number of nitrogens with zero attached hydrogens (tertiary/aromatic N) is 2. The predicted molar refractivity (Wildman–Crippen MR) is 123 cm³/mol. The van der Waals surface area contributed by atoms with Crippen LogP contribution >= 0.6 is 0 Å². The monoisotopic (exact) mass is 459 g/mol. The van der Waals surface area contributed by atoms with Gasteiger partial charge in [0.25, 0.3) is 0 Å². The molecule has 3 rings (SSSR count). The summed E-state index contributed by atoms with van der Waals surface area (Å²) in [4.78, 5) is 26.5. The minimum absolute atomic E-state index is 0.139. The highest BCUT2D eigenvalue weighted by molar-refractivity contribution is 7.92. The Hall–Kier alpha value is -3.07. The number of methoxy groups -OCH3 is 1. The molecule has 2 amide bonds. The number of rotatable bonds is 9. The summed E-state index contributed by atoms with van der Waals surface area (Å²) >= 11 is 0. The maximum Gasteiger partial charge on any atom is 0.241 e. The number of anilines is 1. The van der Waals surface area contributed by atoms with Gasteiger partial charge in [0.1, 0.15) is 12.3 Å². The van der Waals surface area contributed by atoms with Gasteiger partial charge >= 0.3 is 0 Å². The summed E-state index contributed by atoms with van der Waals surface area (Å²) in [6.07, 6.45) is 2.49. The quantitative estimate of drug-likeness (QED) is 0.620. The Labute approximate surface area is 189 Å². The molecule has 0 radical (unpaired) electrons. The molecule has 1 heterocycles. The average Bonchev–Trinajstić information content (AvgIpc) is 3.15. The standard InChI is InChI=1S/C23H29N3O5S/c1-17-10-11-21(31-2)20(13-17)26(32(3,29)30)16-22(27)24-14-18-7-4-5-8-19(18)15-25-12-6-9-23(25)28/h4-5,7-8,10-11,13H,6,9,12,14-16H2,1-3H3,(H,24,27). The van der Waals surface area contributed by atoms with E-state index in [2.05, 4.69) is 5.32 Å². The Morgan fingerprint density at radius 2 is 1.91 bits per heavy atom. The van der Waals surface area contributed by atoms with Gasteiger partial charge in [0, 0.05) is 26.1 Å². The van der Waals surface area contributed by atoms with Crippen molar-refractivity contribution in [1.82, 2.24) is 10.2 Å². The second kappa shape index (κ2) is 10.0. The van der Waals surface area contributed by atoms with E-state index in [-0.39, 0.29) is 19.0 Å². The van der Waals surface area contributed by atoms with Gasteiger partial charge < -0.3 is 15.0 Å². The van der Waals surface area contributed by atoms with E-state index in [0.717, 1.165) is 40.2 Å². The maximum atomic E-state index is 12.7. The first-order valence-corrected chi connectivity index (χ1v) is 12.3. The number of nitrogens with one attached hydrogen (secondary N) is 1. The van der Waals surface area contributed by atoms with E-state index >= 15 is 0 Å². The zero-order chi connectivity index (χ0) is 23.3. The van der Waals surface area contributed by atoms with Crippen molar-refractivity contribution in [3.05, 3.63) is 59.2 Å². The molecule has 2 aromatic rings. The lowest BCUT2D eigenvalue weighted by Gasteiger charge is -2.24. The van der Waals surface area contributed by atoms with Crippen LogP contribution in [0.3, 0.4) is 0 Å². The third kappa shape index (κ3) is 5.79. The molecule has 172 valence electrons. The second-order valence-electron chi connectivity index (χ2n) is 7.91. The van der Waals surface area contributed by atoms with Crippen molar-refractivity contribution >= 4 is 27.5 Å². The van der Waals surface area contributed by atoms with Gasteiger partial charge in [0.05, 0.1) is 19.1 Å². The van der Waals surface area contributed by atoms with Gasteiger partial charge in [0.2, 0.25) is 21.8 Å². The average molecular weight is 460 g/mol. The molecule has 9 heteroatoms. The van der Waals surface area contributed by atoms with E-state index in [4.69, 9.17) is 4.74 Å². The van der Waals surface area contributed by atoms with Crippen molar-refractivity contribution in [2.45, 2.75) is 32.9 Å². The first-order chi connectivity index (χ1) is 15.2. The van der Waals surface area contributed by atoms with Crippen LogP contribution in [0.1, 0.15) is 29.5 Å². The summed E-state index contributed by atoms with van der Waals surface area (Å²) in [6, 6.07) is 12.8. The molecule has 8 nitrogen and oxygen atoms in total. The van der Waals surface area contributed by atoms with E-state index in [0.29, 0.717) is 24.4 Å². The fraction of sp³-hybridized carbons (Fsp3) is 0.391. The van der Waals surface area contributed by atoms with E-state index in [1.165, 1.54) is 7.11 Å². The molecule has 1 fully saturated rings. The van der Waals surface area contributed by atoms with Crippen molar-refractivity contribution < 1.29 is 22.7 Å². The number of ether oxygens (including phenoxy) is 1. The molecule has 1 aliphatic rings. The van der Waals surface area contributed by atoms with E-state index in [9.17, 15) is 18.0 Å². The third-order valence-corrected chi connectivity index (χ3v) is 6.54. The van der Waals surface area contributed by atoms with Crippen LogP contribution in [0.15, 0.2) is 42.5 Å². The van der Waals surface area contributed by atoms with Gasteiger partial charge in [-0.1, -0.05) is 30.3 Å². The number of sulfonamides is 1. The summed E-state index contributed by atoms with van der Waals surface area (Å²) in [6.45, 7) is 2.94. The molecule has 1 aliphatic heterocycles. The molecule has 0 aromatic heterocycles. The first kappa shape index (κ1) is 23.6. The normalized spacial score (nSPS) is 13.8. The molecule has 0 spiro atoms. The van der Waals surface area contributed by atoms with Crippen LogP contribution in [-0.4, -0.2) is 51.6 Å². The zero-order valence-electron chi connectivity index (χ0n) is 18.6. The van der Waals surface area contributed by atoms with E-state index in [1.807, 2.05) is 42.2 Å². The topological polar surface area (TPSA) is 96.0 Å². The van der Waals surface area contributed by atoms with Gasteiger partial charge in [-0.15, -0.1) is 0 Å². The lowest BCUT2D eigenvalue weighted by Crippen LogP contribution is -2.40. The highest BCUT2D eigenvalue weighted by Gasteiger charge is 2.25. The molecule has 1 saturated heterocycles. The highest BCUT2D eigenvalue weighted by Crippen LogP contribution is 2.30. The fourth-order valence-electron chi connectivity index (χ4n) is 3.72. The zero-order valence-corrected chi connectivity index (χ0v) is 19.4. The molecule has 0 aliphatic carbocycles. The Morgan fingerprint density at radius 3 is 2.53 bits per heavy atom. The Bertz CT molecular complexity index is 1100. The molecule has 32 heavy (non-hydrogen) atoms. The van der Waals surface area contributed by atoms with E-state index in [1.54, 1.807) is 12.1 Å². The molecule has 1 N–H and O–H groups in total. The lowest BCUT2D eigenvalue weighted by molar-refractivity contribution is -0.128. The fourth-order valence-corrected chi connectivity index (χ4v) is 4.57. The largest absolute Gasteiger partial charge is 0.495 e. The Balaban J connectivity index is 1.72. The van der Waals surface area contributed by atoms with Crippen LogP contribution < -0.4 is 14.4 Å². The third-order valence-electron chi connectivity index (χ3n) is 5.42. The summed E-state index contributed by atoms with van der Waals surface area (Å²) in [5, 5.41) is 2.81. The Kier molecular flexibility index (Phi) is 7.40. The number of carbonyl (C=O) groups is 2. The van der Waals surface area contributed by atoms with Gasteiger partial charge in [-0.05, 0) is 42.2 Å². The van der Waals surface area contributed by atoms with Gasteiger partial charge in [-0.3, -0.25) is 13.9 Å². The molecule has 0 atom stereocenters. The van der Waals surface area contributed by atoms with Crippen molar-refractivity contribution in [2.24, 2.45) is 0 Å². The summed E-state index contributed by atoms with van der Waals surface area (Å²) in [5.41, 5.74) is 3.02. The number of amides is 2. The van der Waals surface area contributed by atoms with Gasteiger partial charge in [-0.2, -0.15) is 0 Å². The van der Waals surface area contributed by atoms with Gasteiger partial charge in [-0.25, -0.2) is 8.42 Å². The number of hydrogen-bond acceptors (Lipinski definition) is 5. The van der Waals surface area contributed by atoms with Crippen LogP contribution in [0, 0.1) is 6.92 Å². The smallest absolute Gasteiger partial charge is 0.241 e. The van der Waals surface area contributed by atoms with Crippen molar-refractivity contribution in [3.8, 4) is 5.75 Å². The molecule has 2 aromatic carbocycles. The maximum absolute atomic E-state index is 12.7. The molecular weight excluding hydrogens is 430 g/mol. The number of aryl methyl sites for hydroxylation is 1. The summed E-state index contributed by atoms with van der Waals surface area (Å²) < 4.78 is 31.3. The SMILES string of the molecule is COc1ccc(C)cc1N(CC(=O)NCc1ccccc1CN1CCCC1=O)S(C)(=O)=O. The number of benzene rings is 2. The van der Waals surface area contributed by atoms with Crippen LogP contribution in [0.5, 0.6) is 5.75 Å². The van der Waals surface area contributed by atoms with Crippen LogP contribution in [0.2, 0.25) is 0 Å². The Morgan fingerprint density at radius 1 is 1.19 bits per heavy atom. The minimum Gasteiger partial charge on any atom is -0.495 e. The first-order valence-electron chi connectivity index (χ1n) is 10.4.